The number of hydrogen-bond acceptors (Lipinski definition) is 7. The zero-order chi connectivity index (χ0) is 47.8. The second kappa shape index (κ2) is 21.8. The largest absolute Gasteiger partial charge is 2.00 e. The first kappa shape index (κ1) is 50.7. The van der Waals surface area contributed by atoms with Gasteiger partial charge in [0, 0.05) is 35.4 Å². The molecule has 0 saturated carbocycles. The second-order valence-electron chi connectivity index (χ2n) is 18.6. The van der Waals surface area contributed by atoms with E-state index in [-0.39, 0.29) is 40.8 Å². The summed E-state index contributed by atoms with van der Waals surface area (Å²) in [6, 6.07) is 55.1. The maximum Gasteiger partial charge on any atom is 2.00 e. The molecule has 0 fully saturated rings. The molecule has 0 amide bonds. The molecule has 0 aliphatic carbocycles. The summed E-state index contributed by atoms with van der Waals surface area (Å²) in [5, 5.41) is 1.84. The molecule has 71 heavy (non-hydrogen) atoms. The van der Waals surface area contributed by atoms with Gasteiger partial charge < -0.3 is 24.0 Å². The van der Waals surface area contributed by atoms with Crippen LogP contribution in [0.25, 0.3) is 72.5 Å². The fraction of sp³-hybridized carbons (Fsp3) is 0.197. The van der Waals surface area contributed by atoms with Crippen LogP contribution < -0.4 is 9.47 Å². The van der Waals surface area contributed by atoms with Crippen molar-refractivity contribution in [2.45, 2.75) is 79.1 Å². The van der Waals surface area contributed by atoms with Crippen molar-refractivity contribution in [2.24, 2.45) is 0 Å². The van der Waals surface area contributed by atoms with Crippen LogP contribution in [0.2, 0.25) is 0 Å². The second-order valence-corrected chi connectivity index (χ2v) is 18.6. The van der Waals surface area contributed by atoms with Gasteiger partial charge >= 0.3 is 40.8 Å². The van der Waals surface area contributed by atoms with Gasteiger partial charge in [-0.2, -0.15) is 22.9 Å². The van der Waals surface area contributed by atoms with Crippen molar-refractivity contribution in [3.63, 3.8) is 0 Å². The van der Waals surface area contributed by atoms with Crippen LogP contribution in [0, 0.1) is 24.3 Å². The summed E-state index contributed by atoms with van der Waals surface area (Å²) in [5.41, 5.74) is 14.7. The van der Waals surface area contributed by atoms with E-state index in [1.54, 1.807) is 0 Å². The first-order valence-corrected chi connectivity index (χ1v) is 23.7. The molecule has 0 unspecified atom stereocenters. The molecular formula is C61H52N6O2Pd2. The van der Waals surface area contributed by atoms with Gasteiger partial charge in [-0.15, -0.1) is 71.8 Å². The van der Waals surface area contributed by atoms with E-state index in [0.717, 1.165) is 44.4 Å². The Morgan fingerprint density at radius 2 is 0.789 bits per heavy atom. The summed E-state index contributed by atoms with van der Waals surface area (Å²) in [5.74, 6) is 4.03. The fourth-order valence-corrected chi connectivity index (χ4v) is 9.22. The Morgan fingerprint density at radius 1 is 0.408 bits per heavy atom. The smallest absolute Gasteiger partial charge is 0.503 e. The summed E-state index contributed by atoms with van der Waals surface area (Å²) in [6.45, 7) is 17.9. The fourth-order valence-electron chi connectivity index (χ4n) is 9.22. The van der Waals surface area contributed by atoms with Crippen LogP contribution in [0.4, 0.5) is 0 Å². The van der Waals surface area contributed by atoms with Crippen molar-refractivity contribution in [1.82, 2.24) is 29.5 Å². The summed E-state index contributed by atoms with van der Waals surface area (Å²) in [7, 11) is 0. The molecule has 0 aliphatic rings. The topological polar surface area (TPSA) is 87.8 Å². The Bertz CT molecular complexity index is 3200. The number of benzene rings is 6. The summed E-state index contributed by atoms with van der Waals surface area (Å²) < 4.78 is 14.8. The van der Waals surface area contributed by atoms with Crippen molar-refractivity contribution in [3.05, 3.63) is 193 Å². The van der Waals surface area contributed by atoms with E-state index in [2.05, 4.69) is 155 Å². The predicted molar refractivity (Wildman–Crippen MR) is 276 cm³/mol. The van der Waals surface area contributed by atoms with E-state index in [4.69, 9.17) is 19.4 Å². The molecule has 4 aromatic heterocycles. The van der Waals surface area contributed by atoms with Gasteiger partial charge in [0.2, 0.25) is 5.95 Å². The number of rotatable bonds is 13. The Kier molecular flexibility index (Phi) is 15.6. The van der Waals surface area contributed by atoms with Gasteiger partial charge in [0.05, 0.1) is 0 Å². The molecule has 0 atom stereocenters. The number of hydrogen-bond donors (Lipinski definition) is 0. The van der Waals surface area contributed by atoms with Crippen LogP contribution in [0.3, 0.4) is 0 Å². The van der Waals surface area contributed by atoms with E-state index in [0.29, 0.717) is 63.7 Å². The van der Waals surface area contributed by atoms with Crippen molar-refractivity contribution >= 4 is 21.8 Å². The molecule has 0 radical (unpaired) electrons. The summed E-state index contributed by atoms with van der Waals surface area (Å²) >= 11 is 0. The Hall–Kier alpha value is -6.65. The third kappa shape index (κ3) is 10.4. The molecule has 0 bridgehead atoms. The van der Waals surface area contributed by atoms with Crippen LogP contribution in [-0.4, -0.2) is 29.5 Å². The molecule has 0 aliphatic heterocycles. The minimum Gasteiger partial charge on any atom is -0.503 e. The van der Waals surface area contributed by atoms with E-state index < -0.39 is 0 Å². The van der Waals surface area contributed by atoms with Gasteiger partial charge in [-0.1, -0.05) is 139 Å². The Labute approximate surface area is 444 Å². The van der Waals surface area contributed by atoms with Crippen molar-refractivity contribution in [2.75, 3.05) is 0 Å². The predicted octanol–water partition coefficient (Wildman–Crippen LogP) is 15.7. The standard InChI is InChI=1S/C61H52N6O2.2Pd/c1-37(2)49-17-11-18-50(38(3)4)59(49)43-21-27-55(63-33-43)41-13-9-15-45(29-41)68-47-23-25-53-54-26-24-48(32-58(54)67(57(53)31-47)61-65-35-62-36-66-61)69-46-16-10-14-42(30-46)56-28-22-44(34-64-56)60-51(39(5)6)19-12-20-52(60)40(7)8;;/h9-28,33-40H,1-8H3;;/q-4;2*+2. The third-order valence-electron chi connectivity index (χ3n) is 12.6. The van der Waals surface area contributed by atoms with Crippen LogP contribution in [0.1, 0.15) is 101 Å². The van der Waals surface area contributed by atoms with Gasteiger partial charge in [0.25, 0.3) is 0 Å². The monoisotopic (exact) mass is 1110 g/mol. The first-order chi connectivity index (χ1) is 33.5. The van der Waals surface area contributed by atoms with Crippen molar-refractivity contribution < 1.29 is 50.3 Å². The van der Waals surface area contributed by atoms with Crippen LogP contribution in [0.5, 0.6) is 23.0 Å². The van der Waals surface area contributed by atoms with E-state index in [1.807, 2.05) is 77.6 Å². The minimum absolute atomic E-state index is 0. The molecule has 358 valence electrons. The number of ether oxygens (including phenoxy) is 2. The molecule has 10 rings (SSSR count). The molecule has 0 saturated heterocycles. The van der Waals surface area contributed by atoms with Crippen molar-refractivity contribution in [1.29, 1.82) is 0 Å². The molecule has 0 spiro atoms. The van der Waals surface area contributed by atoms with Crippen LogP contribution in [0.15, 0.2) is 146 Å². The molecule has 0 N–H and O–H groups in total. The Balaban J connectivity index is 0.00000338. The number of nitrogens with zero attached hydrogens (tertiary/aromatic N) is 6. The third-order valence-corrected chi connectivity index (χ3v) is 12.6. The molecule has 6 aromatic carbocycles. The summed E-state index contributed by atoms with van der Waals surface area (Å²) in [4.78, 5) is 23.0. The molecule has 4 heterocycles. The Morgan fingerprint density at radius 3 is 1.15 bits per heavy atom. The van der Waals surface area contributed by atoms with Crippen molar-refractivity contribution in [3.8, 4) is 73.7 Å². The normalized spacial score (nSPS) is 11.4. The molecule has 8 nitrogen and oxygen atoms in total. The van der Waals surface area contributed by atoms with Crippen LogP contribution >= 0.6 is 0 Å². The van der Waals surface area contributed by atoms with Gasteiger partial charge in [0.1, 0.15) is 12.7 Å². The quantitative estimate of drug-likeness (QED) is 0.0839. The maximum atomic E-state index is 6.47. The van der Waals surface area contributed by atoms with E-state index in [1.165, 1.54) is 46.0 Å². The van der Waals surface area contributed by atoms with Crippen LogP contribution in [-0.2, 0) is 40.8 Å². The van der Waals surface area contributed by atoms with E-state index in [9.17, 15) is 0 Å². The molecule has 10 aromatic rings. The van der Waals surface area contributed by atoms with Gasteiger partial charge in [0.15, 0.2) is 0 Å². The van der Waals surface area contributed by atoms with Gasteiger partial charge in [-0.3, -0.25) is 0 Å². The minimum atomic E-state index is 0. The number of pyridine rings is 2. The van der Waals surface area contributed by atoms with Gasteiger partial charge in [-0.05, 0) is 79.6 Å². The SMILES string of the molecule is CC(C)c1cccc(C(C)C)c1-c1ccc(-c2[c-]c(Oc3[c-]c4c(cc3)c3ccc(Oc5[c-]c(-c6ccc(-c7c(C(C)C)cccc7C(C)C)cn6)ccc5)[c-]c3n4-c3ncncn3)ccc2)nc1.[Pd+2].[Pd+2]. The van der Waals surface area contributed by atoms with Gasteiger partial charge in [-0.25, -0.2) is 15.0 Å². The first-order valence-electron chi connectivity index (χ1n) is 23.7. The number of aromatic nitrogens is 6. The number of fused-ring (bicyclic) bond motifs is 3. The molecular weight excluding hydrogens is 1060 g/mol. The average molecular weight is 1110 g/mol. The molecule has 10 heteroatoms. The zero-order valence-corrected chi connectivity index (χ0v) is 43.9. The zero-order valence-electron chi connectivity index (χ0n) is 40.8. The summed E-state index contributed by atoms with van der Waals surface area (Å²) in [6.07, 6.45) is 6.89. The van der Waals surface area contributed by atoms with E-state index >= 15 is 0 Å². The maximum absolute atomic E-state index is 6.47. The average Bonchev–Trinajstić information content (AvgIpc) is 3.69.